The molecule has 0 saturated carbocycles. The van der Waals surface area contributed by atoms with Gasteiger partial charge >= 0.3 is 6.09 Å². The van der Waals surface area contributed by atoms with Gasteiger partial charge in [-0.2, -0.15) is 0 Å². The number of imidazole rings is 1. The third kappa shape index (κ3) is 4.60. The fraction of sp³-hybridized carbons (Fsp3) is 0.400. The van der Waals surface area contributed by atoms with Crippen LogP contribution in [0.2, 0.25) is 5.02 Å². The van der Waals surface area contributed by atoms with Gasteiger partial charge in [0.15, 0.2) is 0 Å². The Morgan fingerprint density at radius 1 is 1.15 bits per heavy atom. The third-order valence-electron chi connectivity index (χ3n) is 6.79. The van der Waals surface area contributed by atoms with Gasteiger partial charge in [0.05, 0.1) is 30.7 Å². The molecule has 3 heterocycles. The second-order valence-corrected chi connectivity index (χ2v) is 9.53. The molecule has 8 nitrogen and oxygen atoms in total. The number of nitrogens with one attached hydrogen (secondary N) is 1. The van der Waals surface area contributed by atoms with Gasteiger partial charge in [-0.15, -0.1) is 0 Å². The lowest BCUT2D eigenvalue weighted by atomic mass is 9.95. The zero-order valence-corrected chi connectivity index (χ0v) is 19.9. The molecule has 0 bridgehead atoms. The highest BCUT2D eigenvalue weighted by Gasteiger charge is 2.46. The number of carbonyl (C=O) groups is 2. The molecule has 0 unspecified atom stereocenters. The van der Waals surface area contributed by atoms with E-state index in [4.69, 9.17) is 16.3 Å². The molecule has 1 spiro atoms. The van der Waals surface area contributed by atoms with E-state index in [1.54, 1.807) is 17.0 Å². The molecule has 1 aromatic heterocycles. The Kier molecular flexibility index (Phi) is 6.18. The Labute approximate surface area is 203 Å². The summed E-state index contributed by atoms with van der Waals surface area (Å²) in [5.74, 6) is 0.791. The van der Waals surface area contributed by atoms with Crippen LogP contribution in [0.3, 0.4) is 0 Å². The number of ether oxygens (including phenoxy) is 1. The highest BCUT2D eigenvalue weighted by Crippen LogP contribution is 2.36. The monoisotopic (exact) mass is 481 g/mol. The Morgan fingerprint density at radius 3 is 2.74 bits per heavy atom. The molecule has 2 saturated heterocycles. The quantitative estimate of drug-likeness (QED) is 0.600. The van der Waals surface area contributed by atoms with Crippen molar-refractivity contribution in [2.45, 2.75) is 31.4 Å². The number of hydrogen-bond donors (Lipinski definition) is 1. The van der Waals surface area contributed by atoms with Crippen molar-refractivity contribution in [3.8, 4) is 0 Å². The van der Waals surface area contributed by atoms with Crippen LogP contribution in [0, 0.1) is 0 Å². The number of benzene rings is 2. The van der Waals surface area contributed by atoms with E-state index in [1.807, 2.05) is 48.0 Å². The van der Waals surface area contributed by atoms with E-state index in [0.717, 1.165) is 41.9 Å². The smallest absolute Gasteiger partial charge is 0.415 e. The van der Waals surface area contributed by atoms with Gasteiger partial charge in [0.2, 0.25) is 5.91 Å². The van der Waals surface area contributed by atoms with Crippen molar-refractivity contribution in [3.63, 3.8) is 0 Å². The summed E-state index contributed by atoms with van der Waals surface area (Å²) in [6.07, 6.45) is 2.01. The number of aromatic nitrogens is 2. The van der Waals surface area contributed by atoms with Crippen LogP contribution < -0.4 is 10.2 Å². The largest absolute Gasteiger partial charge is 0.441 e. The van der Waals surface area contributed by atoms with Gasteiger partial charge in [0.25, 0.3) is 0 Å². The number of likely N-dealkylation sites (tertiary alicyclic amines) is 1. The zero-order valence-electron chi connectivity index (χ0n) is 19.2. The van der Waals surface area contributed by atoms with Crippen molar-refractivity contribution in [1.29, 1.82) is 0 Å². The van der Waals surface area contributed by atoms with Gasteiger partial charge in [0, 0.05) is 30.7 Å². The normalized spacial score (nSPS) is 21.1. The first kappa shape index (κ1) is 22.7. The number of nitrogens with zero attached hydrogens (tertiary/aromatic N) is 4. The summed E-state index contributed by atoms with van der Waals surface area (Å²) in [4.78, 5) is 33.7. The second kappa shape index (κ2) is 9.27. The lowest BCUT2D eigenvalue weighted by molar-refractivity contribution is -0.122. The Hall–Kier alpha value is -3.10. The summed E-state index contributed by atoms with van der Waals surface area (Å²) in [6.45, 7) is 2.70. The summed E-state index contributed by atoms with van der Waals surface area (Å²) >= 11 is 5.98. The van der Waals surface area contributed by atoms with E-state index < -0.39 is 5.60 Å². The van der Waals surface area contributed by atoms with Crippen LogP contribution in [-0.4, -0.2) is 58.2 Å². The van der Waals surface area contributed by atoms with Gasteiger partial charge in [0.1, 0.15) is 11.4 Å². The Balaban J connectivity index is 1.16. The van der Waals surface area contributed by atoms with Crippen molar-refractivity contribution < 1.29 is 14.3 Å². The van der Waals surface area contributed by atoms with Crippen LogP contribution in [-0.2, 0) is 23.1 Å². The molecule has 0 radical (unpaired) electrons. The molecule has 2 aliphatic rings. The predicted octanol–water partition coefficient (Wildman–Crippen LogP) is 3.72. The van der Waals surface area contributed by atoms with Gasteiger partial charge in [-0.05, 0) is 55.8 Å². The summed E-state index contributed by atoms with van der Waals surface area (Å²) in [5.41, 5.74) is 2.23. The minimum Gasteiger partial charge on any atom is -0.441 e. The maximum absolute atomic E-state index is 12.7. The zero-order chi connectivity index (χ0) is 23.7. The highest BCUT2D eigenvalue weighted by molar-refractivity contribution is 6.30. The Bertz CT molecular complexity index is 1210. The van der Waals surface area contributed by atoms with Crippen LogP contribution in [0.15, 0.2) is 48.5 Å². The summed E-state index contributed by atoms with van der Waals surface area (Å²) < 4.78 is 7.89. The number of fused-ring (bicyclic) bond motifs is 1. The van der Waals surface area contributed by atoms with Crippen LogP contribution in [0.25, 0.3) is 11.0 Å². The molecule has 0 aliphatic carbocycles. The van der Waals surface area contributed by atoms with E-state index in [2.05, 4.69) is 15.2 Å². The first-order valence-electron chi connectivity index (χ1n) is 11.6. The molecule has 3 aromatic rings. The number of hydrogen-bond acceptors (Lipinski definition) is 5. The molecular formula is C25H28ClN5O3. The molecule has 178 valence electrons. The Morgan fingerprint density at radius 2 is 1.94 bits per heavy atom. The molecule has 2 aromatic carbocycles. The third-order valence-corrected chi connectivity index (χ3v) is 7.04. The van der Waals surface area contributed by atoms with E-state index in [1.165, 1.54) is 0 Å². The number of para-hydroxylation sites is 2. The summed E-state index contributed by atoms with van der Waals surface area (Å²) in [6, 6.07) is 15.1. The molecule has 9 heteroatoms. The number of amides is 2. The van der Waals surface area contributed by atoms with E-state index in [0.29, 0.717) is 37.6 Å². The predicted molar refractivity (Wildman–Crippen MR) is 131 cm³/mol. The maximum Gasteiger partial charge on any atom is 0.415 e. The van der Waals surface area contributed by atoms with Crippen LogP contribution >= 0.6 is 11.6 Å². The lowest BCUT2D eigenvalue weighted by Gasteiger charge is -2.25. The highest BCUT2D eigenvalue weighted by atomic mass is 35.5. The van der Waals surface area contributed by atoms with Crippen LogP contribution in [0.4, 0.5) is 10.5 Å². The number of rotatable bonds is 5. The van der Waals surface area contributed by atoms with Crippen LogP contribution in [0.5, 0.6) is 0 Å². The van der Waals surface area contributed by atoms with Gasteiger partial charge < -0.3 is 14.6 Å². The number of halogens is 1. The first-order valence-corrected chi connectivity index (χ1v) is 12.0. The molecule has 5 rings (SSSR count). The molecular weight excluding hydrogens is 454 g/mol. The van der Waals surface area contributed by atoms with E-state index in [9.17, 15) is 9.59 Å². The topological polar surface area (TPSA) is 79.7 Å². The molecule has 2 amide bonds. The first-order chi connectivity index (χ1) is 16.4. The average Bonchev–Trinajstić information content (AvgIpc) is 3.25. The maximum atomic E-state index is 12.7. The van der Waals surface area contributed by atoms with Crippen LogP contribution in [0.1, 0.15) is 25.1 Å². The van der Waals surface area contributed by atoms with Crippen molar-refractivity contribution in [3.05, 3.63) is 59.4 Å². The fourth-order valence-corrected chi connectivity index (χ4v) is 5.00. The van der Waals surface area contributed by atoms with Gasteiger partial charge in [-0.25, -0.2) is 9.78 Å². The van der Waals surface area contributed by atoms with E-state index in [-0.39, 0.29) is 12.0 Å². The van der Waals surface area contributed by atoms with Crippen molar-refractivity contribution in [1.82, 2.24) is 19.8 Å². The van der Waals surface area contributed by atoms with Gasteiger partial charge in [-0.1, -0.05) is 23.7 Å². The summed E-state index contributed by atoms with van der Waals surface area (Å²) in [7, 11) is 1.96. The number of aryl methyl sites for hydroxylation is 1. The van der Waals surface area contributed by atoms with Crippen molar-refractivity contribution >= 4 is 40.3 Å². The molecule has 1 atom stereocenters. The number of anilines is 1. The van der Waals surface area contributed by atoms with Gasteiger partial charge in [-0.3, -0.25) is 14.6 Å². The second-order valence-electron chi connectivity index (χ2n) is 9.10. The molecule has 2 fully saturated rings. The number of carbonyl (C=O) groups excluding carboxylic acids is 2. The average molecular weight is 482 g/mol. The van der Waals surface area contributed by atoms with Crippen molar-refractivity contribution in [2.24, 2.45) is 7.05 Å². The standard InChI is InChI=1S/C25H28ClN5O3/c1-29-21-6-3-2-5-20(21)28-22(29)15-27-23(32)16-30-13-4-11-25(12-14-30)17-31(24(33)34-25)19-9-7-18(26)8-10-19/h2-3,5-10H,4,11-17H2,1H3,(H,27,32)/t25-/m0/s1. The minimum atomic E-state index is -0.519. The molecule has 1 N–H and O–H groups in total. The fourth-order valence-electron chi connectivity index (χ4n) is 4.87. The van der Waals surface area contributed by atoms with E-state index >= 15 is 0 Å². The van der Waals surface area contributed by atoms with Crippen molar-refractivity contribution in [2.75, 3.05) is 31.1 Å². The SMILES string of the molecule is Cn1c(CNC(=O)CN2CCC[C@]3(CC2)CN(c2ccc(Cl)cc2)C(=O)O3)nc2ccccc21. The summed E-state index contributed by atoms with van der Waals surface area (Å²) in [5, 5.41) is 3.63. The lowest BCUT2D eigenvalue weighted by Crippen LogP contribution is -2.39. The minimum absolute atomic E-state index is 0.0331. The molecule has 34 heavy (non-hydrogen) atoms. The molecule has 2 aliphatic heterocycles.